The van der Waals surface area contributed by atoms with E-state index in [-0.39, 0.29) is 5.69 Å². The highest BCUT2D eigenvalue weighted by Gasteiger charge is 2.10. The molecule has 0 atom stereocenters. The lowest BCUT2D eigenvalue weighted by atomic mass is 10.2. The molecular weight excluding hydrogens is 248 g/mol. The van der Waals surface area contributed by atoms with Gasteiger partial charge in [-0.3, -0.25) is 10.1 Å². The molecule has 2 rings (SSSR count). The zero-order valence-corrected chi connectivity index (χ0v) is 8.96. The number of hydrogen-bond acceptors (Lipinski definition) is 2. The van der Waals surface area contributed by atoms with E-state index in [9.17, 15) is 10.1 Å². The van der Waals surface area contributed by atoms with Crippen molar-refractivity contribution < 1.29 is 4.92 Å². The number of non-ortho nitro benzene ring substituents is 1. The molecule has 0 bridgehead atoms. The van der Waals surface area contributed by atoms with E-state index in [1.54, 1.807) is 12.1 Å². The smallest absolute Gasteiger partial charge is 0.270 e. The lowest BCUT2D eigenvalue weighted by Gasteiger charge is -1.91. The van der Waals surface area contributed by atoms with E-state index in [0.717, 1.165) is 21.1 Å². The normalized spacial score (nSPS) is 10.7. The van der Waals surface area contributed by atoms with E-state index in [1.807, 2.05) is 6.92 Å². The molecule has 14 heavy (non-hydrogen) atoms. The molecule has 0 aliphatic heterocycles. The minimum absolute atomic E-state index is 0.109. The van der Waals surface area contributed by atoms with Crippen molar-refractivity contribution in [2.45, 2.75) is 6.92 Å². The third kappa shape index (κ3) is 1.29. The number of nitro benzene ring substituents is 1. The Hall–Kier alpha value is -1.36. The first-order valence-corrected chi connectivity index (χ1v) is 4.81. The van der Waals surface area contributed by atoms with Gasteiger partial charge in [-0.05, 0) is 28.9 Å². The predicted molar refractivity (Wildman–Crippen MR) is 57.4 cm³/mol. The SMILES string of the molecule is Cc1[nH]c2ccc([N+](=O)[O-])cc2c1Br. The van der Waals surface area contributed by atoms with Gasteiger partial charge in [0.15, 0.2) is 0 Å². The third-order valence-corrected chi connectivity index (χ3v) is 3.12. The molecule has 0 radical (unpaired) electrons. The number of hydrogen-bond donors (Lipinski definition) is 1. The number of nitrogens with zero attached hydrogens (tertiary/aromatic N) is 1. The van der Waals surface area contributed by atoms with Gasteiger partial charge in [-0.2, -0.15) is 0 Å². The zero-order chi connectivity index (χ0) is 10.3. The van der Waals surface area contributed by atoms with Crippen molar-refractivity contribution in [3.63, 3.8) is 0 Å². The molecule has 1 heterocycles. The van der Waals surface area contributed by atoms with Gasteiger partial charge >= 0.3 is 0 Å². The second kappa shape index (κ2) is 3.09. The molecule has 5 heteroatoms. The van der Waals surface area contributed by atoms with Gasteiger partial charge in [0.2, 0.25) is 0 Å². The zero-order valence-electron chi connectivity index (χ0n) is 7.37. The van der Waals surface area contributed by atoms with Crippen LogP contribution >= 0.6 is 15.9 Å². The Morgan fingerprint density at radius 2 is 2.21 bits per heavy atom. The quantitative estimate of drug-likeness (QED) is 0.628. The van der Waals surface area contributed by atoms with Crippen LogP contribution in [0.2, 0.25) is 0 Å². The van der Waals surface area contributed by atoms with Crippen LogP contribution in [0.5, 0.6) is 0 Å². The van der Waals surface area contributed by atoms with E-state index in [1.165, 1.54) is 6.07 Å². The molecule has 1 N–H and O–H groups in total. The number of aromatic amines is 1. The van der Waals surface area contributed by atoms with Crippen LogP contribution in [0.3, 0.4) is 0 Å². The highest BCUT2D eigenvalue weighted by molar-refractivity contribution is 9.10. The van der Waals surface area contributed by atoms with Crippen LogP contribution in [0, 0.1) is 17.0 Å². The molecule has 0 amide bonds. The van der Waals surface area contributed by atoms with Crippen molar-refractivity contribution in [1.82, 2.24) is 4.98 Å². The Labute approximate surface area is 88.2 Å². The number of fused-ring (bicyclic) bond motifs is 1. The van der Waals surface area contributed by atoms with Crippen LogP contribution in [0.4, 0.5) is 5.69 Å². The van der Waals surface area contributed by atoms with Crippen LogP contribution < -0.4 is 0 Å². The minimum atomic E-state index is -0.395. The topological polar surface area (TPSA) is 58.9 Å². The summed E-state index contributed by atoms with van der Waals surface area (Å²) in [5.41, 5.74) is 1.98. The number of nitro groups is 1. The Kier molecular flexibility index (Phi) is 2.03. The Balaban J connectivity index is 2.76. The molecular formula is C9H7BrN2O2. The molecule has 0 saturated heterocycles. The van der Waals surface area contributed by atoms with E-state index in [2.05, 4.69) is 20.9 Å². The first kappa shape index (κ1) is 9.21. The van der Waals surface area contributed by atoms with Crippen molar-refractivity contribution in [2.24, 2.45) is 0 Å². The molecule has 0 saturated carbocycles. The molecule has 2 aromatic rings. The van der Waals surface area contributed by atoms with Crippen LogP contribution in [0.25, 0.3) is 10.9 Å². The molecule has 0 aliphatic rings. The van der Waals surface area contributed by atoms with Crippen molar-refractivity contribution >= 4 is 32.5 Å². The van der Waals surface area contributed by atoms with Crippen LogP contribution in [-0.2, 0) is 0 Å². The summed E-state index contributed by atoms with van der Waals surface area (Å²) in [6, 6.07) is 4.76. The molecule has 72 valence electrons. The summed E-state index contributed by atoms with van der Waals surface area (Å²) in [6.07, 6.45) is 0. The number of aryl methyl sites for hydroxylation is 1. The second-order valence-electron chi connectivity index (χ2n) is 3.05. The number of benzene rings is 1. The van der Waals surface area contributed by atoms with E-state index < -0.39 is 4.92 Å². The average molecular weight is 255 g/mol. The van der Waals surface area contributed by atoms with Crippen LogP contribution in [0.15, 0.2) is 22.7 Å². The lowest BCUT2D eigenvalue weighted by Crippen LogP contribution is -1.86. The Morgan fingerprint density at radius 1 is 1.50 bits per heavy atom. The summed E-state index contributed by atoms with van der Waals surface area (Å²) in [5.74, 6) is 0. The van der Waals surface area contributed by atoms with Gasteiger partial charge in [-0.15, -0.1) is 0 Å². The van der Waals surface area contributed by atoms with Gasteiger partial charge in [0.05, 0.1) is 4.92 Å². The Bertz CT molecular complexity index is 519. The Morgan fingerprint density at radius 3 is 2.86 bits per heavy atom. The largest absolute Gasteiger partial charge is 0.358 e. The van der Waals surface area contributed by atoms with Gasteiger partial charge in [0, 0.05) is 33.2 Å². The van der Waals surface area contributed by atoms with Gasteiger partial charge in [-0.25, -0.2) is 0 Å². The number of halogens is 1. The van der Waals surface area contributed by atoms with Gasteiger partial charge in [0.1, 0.15) is 0 Å². The van der Waals surface area contributed by atoms with E-state index in [0.29, 0.717) is 0 Å². The average Bonchev–Trinajstić information content (AvgIpc) is 2.43. The molecule has 1 aromatic carbocycles. The molecule has 1 aromatic heterocycles. The van der Waals surface area contributed by atoms with Gasteiger partial charge in [-0.1, -0.05) is 0 Å². The molecule has 0 aliphatic carbocycles. The van der Waals surface area contributed by atoms with Crippen molar-refractivity contribution in [3.8, 4) is 0 Å². The fourth-order valence-corrected chi connectivity index (χ4v) is 1.82. The summed E-state index contributed by atoms with van der Waals surface area (Å²) in [5, 5.41) is 11.4. The number of rotatable bonds is 1. The maximum Gasteiger partial charge on any atom is 0.270 e. The van der Waals surface area contributed by atoms with Gasteiger partial charge < -0.3 is 4.98 Å². The van der Waals surface area contributed by atoms with E-state index in [4.69, 9.17) is 0 Å². The highest BCUT2D eigenvalue weighted by Crippen LogP contribution is 2.29. The van der Waals surface area contributed by atoms with Crippen molar-refractivity contribution in [1.29, 1.82) is 0 Å². The molecule has 0 spiro atoms. The van der Waals surface area contributed by atoms with Crippen molar-refractivity contribution in [2.75, 3.05) is 0 Å². The number of H-pyrrole nitrogens is 1. The number of nitrogens with one attached hydrogen (secondary N) is 1. The van der Waals surface area contributed by atoms with Crippen LogP contribution in [0.1, 0.15) is 5.69 Å². The summed E-state index contributed by atoms with van der Waals surface area (Å²) in [6.45, 7) is 1.91. The standard InChI is InChI=1S/C9H7BrN2O2/c1-5-9(10)7-4-6(12(13)14)2-3-8(7)11-5/h2-4,11H,1H3. The minimum Gasteiger partial charge on any atom is -0.358 e. The maximum atomic E-state index is 10.5. The molecule has 4 nitrogen and oxygen atoms in total. The molecule has 0 unspecified atom stereocenters. The monoisotopic (exact) mass is 254 g/mol. The van der Waals surface area contributed by atoms with Crippen LogP contribution in [-0.4, -0.2) is 9.91 Å². The first-order chi connectivity index (χ1) is 6.59. The maximum absolute atomic E-state index is 10.5. The predicted octanol–water partition coefficient (Wildman–Crippen LogP) is 3.15. The van der Waals surface area contributed by atoms with E-state index >= 15 is 0 Å². The van der Waals surface area contributed by atoms with Crippen molar-refractivity contribution in [3.05, 3.63) is 38.5 Å². The highest BCUT2D eigenvalue weighted by atomic mass is 79.9. The summed E-state index contributed by atoms with van der Waals surface area (Å²) in [7, 11) is 0. The summed E-state index contributed by atoms with van der Waals surface area (Å²) >= 11 is 3.38. The second-order valence-corrected chi connectivity index (χ2v) is 3.84. The number of aromatic nitrogens is 1. The third-order valence-electron chi connectivity index (χ3n) is 2.10. The lowest BCUT2D eigenvalue weighted by molar-refractivity contribution is -0.384. The fourth-order valence-electron chi connectivity index (χ4n) is 1.40. The first-order valence-electron chi connectivity index (χ1n) is 4.02. The summed E-state index contributed by atoms with van der Waals surface area (Å²) in [4.78, 5) is 13.3. The summed E-state index contributed by atoms with van der Waals surface area (Å²) < 4.78 is 0.885. The van der Waals surface area contributed by atoms with Gasteiger partial charge in [0.25, 0.3) is 5.69 Å². The fraction of sp³-hybridized carbons (Fsp3) is 0.111. The molecule has 0 fully saturated rings.